The van der Waals surface area contributed by atoms with E-state index in [1.807, 2.05) is 35.3 Å². The zero-order valence-electron chi connectivity index (χ0n) is 9.66. The molecule has 17 heavy (non-hydrogen) atoms. The van der Waals surface area contributed by atoms with Gasteiger partial charge in [-0.05, 0) is 12.0 Å². The van der Waals surface area contributed by atoms with Crippen LogP contribution in [0, 0.1) is 0 Å². The average Bonchev–Trinajstić information content (AvgIpc) is 2.86. The molecule has 4 nitrogen and oxygen atoms in total. The fourth-order valence-corrected chi connectivity index (χ4v) is 1.66. The summed E-state index contributed by atoms with van der Waals surface area (Å²) in [6, 6.07) is 10.1. The molecule has 0 spiro atoms. The van der Waals surface area contributed by atoms with E-state index in [0.29, 0.717) is 19.5 Å². The van der Waals surface area contributed by atoms with Gasteiger partial charge in [-0.2, -0.15) is 5.10 Å². The number of nitrogens with two attached hydrogens (primary N) is 1. The van der Waals surface area contributed by atoms with Crippen LogP contribution in [0.4, 0.5) is 0 Å². The maximum atomic E-state index is 9.38. The Balaban J connectivity index is 2.01. The van der Waals surface area contributed by atoms with Crippen molar-refractivity contribution in [2.24, 2.45) is 5.73 Å². The standard InChI is InChI=1S/C13H17N3O/c14-8-13(17)6-7-16-10-12(9-15-16)11-4-2-1-3-5-11/h1-5,9-10,13,17H,6-8,14H2. The zero-order valence-corrected chi connectivity index (χ0v) is 9.66. The van der Waals surface area contributed by atoms with Crippen LogP contribution in [-0.4, -0.2) is 27.5 Å². The third-order valence-electron chi connectivity index (χ3n) is 2.70. The Kier molecular flexibility index (Phi) is 3.90. The molecule has 1 unspecified atom stereocenters. The van der Waals surface area contributed by atoms with Crippen molar-refractivity contribution in [3.8, 4) is 11.1 Å². The van der Waals surface area contributed by atoms with Crippen molar-refractivity contribution in [3.05, 3.63) is 42.7 Å². The van der Waals surface area contributed by atoms with Gasteiger partial charge in [0.1, 0.15) is 0 Å². The monoisotopic (exact) mass is 231 g/mol. The summed E-state index contributed by atoms with van der Waals surface area (Å²) in [5.41, 5.74) is 7.59. The fourth-order valence-electron chi connectivity index (χ4n) is 1.66. The molecule has 0 radical (unpaired) electrons. The SMILES string of the molecule is NCC(O)CCn1cc(-c2ccccc2)cn1. The van der Waals surface area contributed by atoms with Gasteiger partial charge in [0, 0.05) is 24.8 Å². The average molecular weight is 231 g/mol. The predicted octanol–water partition coefficient (Wildman–Crippen LogP) is 1.26. The van der Waals surface area contributed by atoms with Crippen LogP contribution in [0.5, 0.6) is 0 Å². The van der Waals surface area contributed by atoms with E-state index in [1.165, 1.54) is 0 Å². The first-order valence-corrected chi connectivity index (χ1v) is 5.75. The second-order valence-electron chi connectivity index (χ2n) is 4.04. The molecule has 1 aromatic carbocycles. The van der Waals surface area contributed by atoms with Crippen LogP contribution in [0.1, 0.15) is 6.42 Å². The highest BCUT2D eigenvalue weighted by molar-refractivity contribution is 5.61. The van der Waals surface area contributed by atoms with Crippen LogP contribution in [0.3, 0.4) is 0 Å². The number of aliphatic hydroxyl groups is 1. The molecular formula is C13H17N3O. The van der Waals surface area contributed by atoms with E-state index in [1.54, 1.807) is 0 Å². The summed E-state index contributed by atoms with van der Waals surface area (Å²) in [4.78, 5) is 0. The van der Waals surface area contributed by atoms with Crippen molar-refractivity contribution in [2.45, 2.75) is 19.1 Å². The molecule has 1 atom stereocenters. The van der Waals surface area contributed by atoms with E-state index >= 15 is 0 Å². The lowest BCUT2D eigenvalue weighted by Gasteiger charge is -2.06. The molecule has 4 heteroatoms. The molecule has 90 valence electrons. The Morgan fingerprint density at radius 3 is 2.71 bits per heavy atom. The Bertz CT molecular complexity index is 453. The fraction of sp³-hybridized carbons (Fsp3) is 0.308. The Labute approximate surface area is 101 Å². The van der Waals surface area contributed by atoms with Gasteiger partial charge in [-0.25, -0.2) is 0 Å². The summed E-state index contributed by atoms with van der Waals surface area (Å²) in [7, 11) is 0. The van der Waals surface area contributed by atoms with E-state index in [4.69, 9.17) is 5.73 Å². The summed E-state index contributed by atoms with van der Waals surface area (Å²) in [5.74, 6) is 0. The minimum absolute atomic E-state index is 0.298. The van der Waals surface area contributed by atoms with E-state index in [-0.39, 0.29) is 0 Å². The van der Waals surface area contributed by atoms with Crippen LogP contribution in [-0.2, 0) is 6.54 Å². The third-order valence-corrected chi connectivity index (χ3v) is 2.70. The topological polar surface area (TPSA) is 64.1 Å². The van der Waals surface area contributed by atoms with Gasteiger partial charge in [0.05, 0.1) is 12.3 Å². The zero-order chi connectivity index (χ0) is 12.1. The highest BCUT2D eigenvalue weighted by atomic mass is 16.3. The number of hydrogen-bond donors (Lipinski definition) is 2. The molecule has 0 aliphatic heterocycles. The summed E-state index contributed by atoms with van der Waals surface area (Å²) in [6.07, 6.45) is 4.01. The molecule has 0 aliphatic carbocycles. The quantitative estimate of drug-likeness (QED) is 0.814. The van der Waals surface area contributed by atoms with Gasteiger partial charge in [-0.1, -0.05) is 30.3 Å². The van der Waals surface area contributed by atoms with Crippen molar-refractivity contribution in [1.82, 2.24) is 9.78 Å². The maximum absolute atomic E-state index is 9.38. The summed E-state index contributed by atoms with van der Waals surface area (Å²) in [6.45, 7) is 0.984. The molecule has 2 aromatic rings. The Morgan fingerprint density at radius 1 is 1.24 bits per heavy atom. The molecular weight excluding hydrogens is 214 g/mol. The second kappa shape index (κ2) is 5.61. The number of benzene rings is 1. The van der Waals surface area contributed by atoms with Gasteiger partial charge in [0.2, 0.25) is 0 Å². The Hall–Kier alpha value is -1.65. The molecule has 0 aliphatic rings. The lowest BCUT2D eigenvalue weighted by atomic mass is 10.1. The van der Waals surface area contributed by atoms with Crippen molar-refractivity contribution in [3.63, 3.8) is 0 Å². The molecule has 0 amide bonds. The van der Waals surface area contributed by atoms with Crippen molar-refractivity contribution < 1.29 is 5.11 Å². The third kappa shape index (κ3) is 3.15. The number of aromatic nitrogens is 2. The molecule has 2 rings (SSSR count). The highest BCUT2D eigenvalue weighted by Gasteiger charge is 2.04. The van der Waals surface area contributed by atoms with Crippen LogP contribution in [0.25, 0.3) is 11.1 Å². The summed E-state index contributed by atoms with van der Waals surface area (Å²) >= 11 is 0. The molecule has 0 saturated heterocycles. The molecule has 3 N–H and O–H groups in total. The largest absolute Gasteiger partial charge is 0.392 e. The van der Waals surface area contributed by atoms with Crippen molar-refractivity contribution in [2.75, 3.05) is 6.54 Å². The molecule has 0 bridgehead atoms. The molecule has 1 aromatic heterocycles. The van der Waals surface area contributed by atoms with Gasteiger partial charge >= 0.3 is 0 Å². The van der Waals surface area contributed by atoms with Crippen LogP contribution < -0.4 is 5.73 Å². The number of hydrogen-bond acceptors (Lipinski definition) is 3. The maximum Gasteiger partial charge on any atom is 0.0680 e. The van der Waals surface area contributed by atoms with Crippen molar-refractivity contribution >= 4 is 0 Å². The number of aryl methyl sites for hydroxylation is 1. The minimum Gasteiger partial charge on any atom is -0.392 e. The first-order valence-electron chi connectivity index (χ1n) is 5.75. The van der Waals surface area contributed by atoms with Gasteiger partial charge in [0.15, 0.2) is 0 Å². The van der Waals surface area contributed by atoms with Gasteiger partial charge < -0.3 is 10.8 Å². The van der Waals surface area contributed by atoms with Crippen LogP contribution in [0.2, 0.25) is 0 Å². The van der Waals surface area contributed by atoms with Crippen LogP contribution >= 0.6 is 0 Å². The summed E-state index contributed by atoms with van der Waals surface area (Å²) in [5, 5.41) is 13.6. The normalized spacial score (nSPS) is 12.6. The first kappa shape index (κ1) is 11.8. The van der Waals surface area contributed by atoms with E-state index in [2.05, 4.69) is 17.2 Å². The van der Waals surface area contributed by atoms with Crippen LogP contribution in [0.15, 0.2) is 42.7 Å². The Morgan fingerprint density at radius 2 is 2.00 bits per heavy atom. The van der Waals surface area contributed by atoms with E-state index in [0.717, 1.165) is 11.1 Å². The molecule has 0 saturated carbocycles. The highest BCUT2D eigenvalue weighted by Crippen LogP contribution is 2.17. The number of rotatable bonds is 5. The van der Waals surface area contributed by atoms with Gasteiger partial charge in [-0.15, -0.1) is 0 Å². The second-order valence-corrected chi connectivity index (χ2v) is 4.04. The number of aliphatic hydroxyl groups excluding tert-OH is 1. The minimum atomic E-state index is -0.445. The molecule has 1 heterocycles. The lowest BCUT2D eigenvalue weighted by molar-refractivity contribution is 0.165. The summed E-state index contributed by atoms with van der Waals surface area (Å²) < 4.78 is 1.83. The van der Waals surface area contributed by atoms with Gasteiger partial charge in [0.25, 0.3) is 0 Å². The van der Waals surface area contributed by atoms with E-state index < -0.39 is 6.10 Å². The van der Waals surface area contributed by atoms with Gasteiger partial charge in [-0.3, -0.25) is 4.68 Å². The van der Waals surface area contributed by atoms with Crippen molar-refractivity contribution in [1.29, 1.82) is 0 Å². The predicted molar refractivity (Wildman–Crippen MR) is 67.3 cm³/mol. The smallest absolute Gasteiger partial charge is 0.0680 e. The number of nitrogens with zero attached hydrogens (tertiary/aromatic N) is 2. The first-order chi connectivity index (χ1) is 8.29. The molecule has 0 fully saturated rings. The van der Waals surface area contributed by atoms with E-state index in [9.17, 15) is 5.11 Å². The lowest BCUT2D eigenvalue weighted by Crippen LogP contribution is -2.21.